The maximum Gasteiger partial charge on any atom is 0.411 e. The van der Waals surface area contributed by atoms with Gasteiger partial charge in [-0.05, 0) is 37.1 Å². The van der Waals surface area contributed by atoms with Gasteiger partial charge in [-0.15, -0.1) is 0 Å². The molecule has 2 aliphatic rings. The Hall–Kier alpha value is -3.30. The van der Waals surface area contributed by atoms with Crippen molar-refractivity contribution in [2.24, 2.45) is 0 Å². The molecule has 1 unspecified atom stereocenters. The molecule has 9 nitrogen and oxygen atoms in total. The number of β-amino-alcohol motifs (C(OH)–C–C–N with tert-alkyl or cyclic N) is 1. The molecule has 0 aliphatic carbocycles. The summed E-state index contributed by atoms with van der Waals surface area (Å²) >= 11 is 0. The van der Waals surface area contributed by atoms with Crippen LogP contribution in [0.5, 0.6) is 5.75 Å². The molecule has 33 heavy (non-hydrogen) atoms. The molecule has 0 radical (unpaired) electrons. The molecule has 4 rings (SSSR count). The van der Waals surface area contributed by atoms with E-state index in [1.165, 1.54) is 7.11 Å². The monoisotopic (exact) mass is 454 g/mol. The highest BCUT2D eigenvalue weighted by Gasteiger charge is 2.26. The lowest BCUT2D eigenvalue weighted by Crippen LogP contribution is -2.53. The fourth-order valence-corrected chi connectivity index (χ4v) is 4.25. The van der Waals surface area contributed by atoms with Crippen LogP contribution in [0.4, 0.5) is 21.9 Å². The van der Waals surface area contributed by atoms with Crippen molar-refractivity contribution in [1.29, 1.82) is 0 Å². The van der Waals surface area contributed by atoms with Crippen LogP contribution in [0.1, 0.15) is 18.4 Å². The summed E-state index contributed by atoms with van der Waals surface area (Å²) in [5.74, 6) is 0.512. The van der Waals surface area contributed by atoms with Gasteiger partial charge in [-0.3, -0.25) is 15.0 Å². The Kier molecular flexibility index (Phi) is 7.31. The number of carbonyl (C=O) groups excluding carboxylic acids is 2. The highest BCUT2D eigenvalue weighted by molar-refractivity contribution is 5.96. The zero-order valence-corrected chi connectivity index (χ0v) is 18.8. The second-order valence-corrected chi connectivity index (χ2v) is 8.13. The average Bonchev–Trinajstić information content (AvgIpc) is 2.83. The molecule has 9 heteroatoms. The van der Waals surface area contributed by atoms with E-state index in [2.05, 4.69) is 32.6 Å². The van der Waals surface area contributed by atoms with Crippen LogP contribution in [0.15, 0.2) is 42.5 Å². The van der Waals surface area contributed by atoms with Gasteiger partial charge < -0.3 is 24.8 Å². The Labute approximate surface area is 193 Å². The molecular weight excluding hydrogens is 424 g/mol. The molecule has 2 heterocycles. The van der Waals surface area contributed by atoms with Crippen molar-refractivity contribution in [2.75, 3.05) is 55.4 Å². The number of fused-ring (bicyclic) bond motifs is 1. The number of hydrogen-bond acceptors (Lipinski definition) is 7. The Morgan fingerprint density at radius 1 is 1.18 bits per heavy atom. The van der Waals surface area contributed by atoms with E-state index < -0.39 is 12.3 Å². The number of aliphatic hydroxyl groups is 1. The van der Waals surface area contributed by atoms with E-state index in [9.17, 15) is 14.7 Å². The first-order valence-electron chi connectivity index (χ1n) is 11.2. The Balaban J connectivity index is 1.34. The van der Waals surface area contributed by atoms with Crippen LogP contribution < -0.4 is 20.3 Å². The standard InChI is InChI=1S/C24H30N4O5/c1-32-24(31)26-20-10-9-19-18(8-11-21(29)25-19)23(20)33-15-5-12-27-13-14-28(16-22(27)30)17-6-3-2-4-7-17/h2-4,6-7,9-10,22,30H,5,8,11-16H2,1H3,(H,25,29)(H,26,31). The van der Waals surface area contributed by atoms with E-state index in [1.54, 1.807) is 12.1 Å². The van der Waals surface area contributed by atoms with Crippen LogP contribution in [0.3, 0.4) is 0 Å². The average molecular weight is 455 g/mol. The number of anilines is 3. The molecule has 2 aromatic rings. The molecule has 2 aliphatic heterocycles. The van der Waals surface area contributed by atoms with E-state index >= 15 is 0 Å². The van der Waals surface area contributed by atoms with Gasteiger partial charge >= 0.3 is 6.09 Å². The van der Waals surface area contributed by atoms with Crippen LogP contribution in [-0.4, -0.2) is 68.1 Å². The lowest BCUT2D eigenvalue weighted by Gasteiger charge is -2.39. The zero-order valence-electron chi connectivity index (χ0n) is 18.8. The molecule has 0 aromatic heterocycles. The molecule has 1 saturated heterocycles. The number of aliphatic hydroxyl groups excluding tert-OH is 1. The second kappa shape index (κ2) is 10.5. The summed E-state index contributed by atoms with van der Waals surface area (Å²) in [6, 6.07) is 13.6. The first-order chi connectivity index (χ1) is 16.0. The van der Waals surface area contributed by atoms with Crippen molar-refractivity contribution in [3.63, 3.8) is 0 Å². The summed E-state index contributed by atoms with van der Waals surface area (Å²) < 4.78 is 10.8. The molecule has 3 N–H and O–H groups in total. The number of benzene rings is 2. The summed E-state index contributed by atoms with van der Waals surface area (Å²) in [6.07, 6.45) is 0.473. The molecule has 1 atom stereocenters. The van der Waals surface area contributed by atoms with E-state index in [1.807, 2.05) is 18.2 Å². The van der Waals surface area contributed by atoms with Gasteiger partial charge in [-0.25, -0.2) is 4.79 Å². The SMILES string of the molecule is COC(=O)Nc1ccc2c(c1OCCCN1CCN(c3ccccc3)CC1O)CCC(=O)N2. The smallest absolute Gasteiger partial charge is 0.411 e. The first-order valence-corrected chi connectivity index (χ1v) is 11.2. The van der Waals surface area contributed by atoms with Gasteiger partial charge in [0.2, 0.25) is 5.91 Å². The van der Waals surface area contributed by atoms with E-state index in [0.717, 1.165) is 24.3 Å². The lowest BCUT2D eigenvalue weighted by molar-refractivity contribution is -0.116. The van der Waals surface area contributed by atoms with Gasteiger partial charge in [-0.2, -0.15) is 0 Å². The Morgan fingerprint density at radius 3 is 2.76 bits per heavy atom. The molecule has 1 fully saturated rings. The van der Waals surface area contributed by atoms with Crippen molar-refractivity contribution in [3.05, 3.63) is 48.0 Å². The van der Waals surface area contributed by atoms with Gasteiger partial charge in [0.15, 0.2) is 0 Å². The highest BCUT2D eigenvalue weighted by atomic mass is 16.5. The molecular formula is C24H30N4O5. The normalized spacial score (nSPS) is 18.3. The first kappa shape index (κ1) is 22.9. The van der Waals surface area contributed by atoms with Crippen molar-refractivity contribution in [1.82, 2.24) is 4.90 Å². The third-order valence-corrected chi connectivity index (χ3v) is 5.98. The van der Waals surface area contributed by atoms with Crippen molar-refractivity contribution in [3.8, 4) is 5.75 Å². The number of para-hydroxylation sites is 1. The number of nitrogens with zero attached hydrogens (tertiary/aromatic N) is 2. The largest absolute Gasteiger partial charge is 0.491 e. The lowest BCUT2D eigenvalue weighted by atomic mass is 10.0. The van der Waals surface area contributed by atoms with E-state index in [0.29, 0.717) is 56.1 Å². The minimum atomic E-state index is -0.584. The van der Waals surface area contributed by atoms with Crippen LogP contribution in [0.25, 0.3) is 0 Å². The number of ether oxygens (including phenoxy) is 2. The zero-order chi connectivity index (χ0) is 23.2. The second-order valence-electron chi connectivity index (χ2n) is 8.13. The topological polar surface area (TPSA) is 103 Å². The van der Waals surface area contributed by atoms with Crippen LogP contribution in [0, 0.1) is 0 Å². The predicted octanol–water partition coefficient (Wildman–Crippen LogP) is 2.66. The number of rotatable bonds is 7. The maximum absolute atomic E-state index is 11.8. The third kappa shape index (κ3) is 5.55. The highest BCUT2D eigenvalue weighted by Crippen LogP contribution is 2.38. The van der Waals surface area contributed by atoms with Gasteiger partial charge in [0.05, 0.1) is 25.9 Å². The number of nitrogens with one attached hydrogen (secondary N) is 2. The number of amides is 2. The summed E-state index contributed by atoms with van der Waals surface area (Å²) in [6.45, 7) is 3.27. The number of methoxy groups -OCH3 is 1. The molecule has 176 valence electrons. The minimum Gasteiger partial charge on any atom is -0.491 e. The summed E-state index contributed by atoms with van der Waals surface area (Å²) in [5.41, 5.74) is 3.18. The number of hydrogen-bond donors (Lipinski definition) is 3. The number of carbonyl (C=O) groups is 2. The Morgan fingerprint density at radius 2 is 2.00 bits per heavy atom. The molecule has 2 amide bonds. The van der Waals surface area contributed by atoms with Crippen LogP contribution in [0.2, 0.25) is 0 Å². The fraction of sp³-hybridized carbons (Fsp3) is 0.417. The molecule has 2 aromatic carbocycles. The van der Waals surface area contributed by atoms with Crippen LogP contribution in [-0.2, 0) is 16.0 Å². The minimum absolute atomic E-state index is 0.0363. The van der Waals surface area contributed by atoms with Crippen molar-refractivity contribution >= 4 is 29.1 Å². The molecule has 0 spiro atoms. The molecule has 0 bridgehead atoms. The maximum atomic E-state index is 11.8. The summed E-state index contributed by atoms with van der Waals surface area (Å²) in [5, 5.41) is 16.1. The quantitative estimate of drug-likeness (QED) is 0.553. The third-order valence-electron chi connectivity index (χ3n) is 5.98. The predicted molar refractivity (Wildman–Crippen MR) is 126 cm³/mol. The van der Waals surface area contributed by atoms with E-state index in [-0.39, 0.29) is 5.91 Å². The van der Waals surface area contributed by atoms with Gasteiger partial charge in [0, 0.05) is 43.0 Å². The number of piperazine rings is 1. The van der Waals surface area contributed by atoms with Crippen molar-refractivity contribution in [2.45, 2.75) is 25.5 Å². The fourth-order valence-electron chi connectivity index (χ4n) is 4.25. The Bertz CT molecular complexity index is 984. The molecule has 0 saturated carbocycles. The van der Waals surface area contributed by atoms with Crippen molar-refractivity contribution < 1.29 is 24.2 Å². The summed E-state index contributed by atoms with van der Waals surface area (Å²) in [7, 11) is 1.30. The van der Waals surface area contributed by atoms with E-state index in [4.69, 9.17) is 9.47 Å². The van der Waals surface area contributed by atoms with Gasteiger partial charge in [-0.1, -0.05) is 18.2 Å². The van der Waals surface area contributed by atoms with Crippen LogP contribution >= 0.6 is 0 Å². The van der Waals surface area contributed by atoms with Gasteiger partial charge in [0.25, 0.3) is 0 Å². The summed E-state index contributed by atoms with van der Waals surface area (Å²) in [4.78, 5) is 27.7. The van der Waals surface area contributed by atoms with Gasteiger partial charge in [0.1, 0.15) is 12.0 Å².